The Morgan fingerprint density at radius 1 is 1.81 bits per heavy atom. The van der Waals surface area contributed by atoms with E-state index in [0.29, 0.717) is 0 Å². The zero-order valence-corrected chi connectivity index (χ0v) is 9.55. The van der Waals surface area contributed by atoms with Crippen LogP contribution in [0.15, 0.2) is 17.5 Å². The van der Waals surface area contributed by atoms with E-state index in [1.165, 1.54) is 17.0 Å². The summed E-state index contributed by atoms with van der Waals surface area (Å²) in [6.45, 7) is 3.28. The van der Waals surface area contributed by atoms with Gasteiger partial charge in [0.2, 0.25) is 0 Å². The molecule has 0 bridgehead atoms. The molecule has 1 aromatic rings. The lowest BCUT2D eigenvalue weighted by atomic mass is 10.1. The molecule has 1 N–H and O–H groups in total. The second-order valence-corrected chi connectivity index (χ2v) is 4.58. The van der Waals surface area contributed by atoms with Gasteiger partial charge in [0.25, 0.3) is 0 Å². The second-order valence-electron chi connectivity index (χ2n) is 3.63. The maximum Gasteiger partial charge on any atom is 0.434 e. The van der Waals surface area contributed by atoms with Crippen LogP contribution in [0.3, 0.4) is 0 Å². The molecule has 0 aliphatic rings. The Labute approximate surface area is 96.5 Å². The SMILES string of the molecule is CC(C)(Cl)C(Cn1ccnc1[N+](=O)[O-])=NO. The Morgan fingerprint density at radius 2 is 2.44 bits per heavy atom. The Hall–Kier alpha value is -1.63. The predicted molar refractivity (Wildman–Crippen MR) is 58.0 cm³/mol. The molecule has 0 fully saturated rings. The van der Waals surface area contributed by atoms with Crippen LogP contribution < -0.4 is 0 Å². The molecule has 0 aromatic carbocycles. The molecule has 16 heavy (non-hydrogen) atoms. The van der Waals surface area contributed by atoms with E-state index in [1.807, 2.05) is 0 Å². The highest BCUT2D eigenvalue weighted by atomic mass is 35.5. The summed E-state index contributed by atoms with van der Waals surface area (Å²) >= 11 is 5.95. The summed E-state index contributed by atoms with van der Waals surface area (Å²) in [6, 6.07) is 0. The smallest absolute Gasteiger partial charge is 0.411 e. The normalized spacial score (nSPS) is 12.8. The molecule has 1 heterocycles. The largest absolute Gasteiger partial charge is 0.434 e. The summed E-state index contributed by atoms with van der Waals surface area (Å²) in [5.74, 6) is -0.318. The van der Waals surface area contributed by atoms with Crippen LogP contribution in [0.4, 0.5) is 5.95 Å². The number of imidazole rings is 1. The van der Waals surface area contributed by atoms with E-state index >= 15 is 0 Å². The molecule has 0 spiro atoms. The van der Waals surface area contributed by atoms with Crippen molar-refractivity contribution in [2.75, 3.05) is 0 Å². The van der Waals surface area contributed by atoms with Gasteiger partial charge in [-0.3, -0.25) is 0 Å². The van der Waals surface area contributed by atoms with E-state index in [-0.39, 0.29) is 18.2 Å². The van der Waals surface area contributed by atoms with Crippen molar-refractivity contribution in [3.63, 3.8) is 0 Å². The quantitative estimate of drug-likeness (QED) is 0.287. The van der Waals surface area contributed by atoms with E-state index in [1.54, 1.807) is 13.8 Å². The van der Waals surface area contributed by atoms with Crippen LogP contribution in [-0.2, 0) is 6.54 Å². The van der Waals surface area contributed by atoms with Gasteiger partial charge >= 0.3 is 5.95 Å². The summed E-state index contributed by atoms with van der Waals surface area (Å²) in [5, 5.41) is 22.4. The standard InChI is InChI=1S/C8H11ClN4O3/c1-8(2,9)6(11-14)5-12-4-3-10-7(12)13(15)16/h3-4,14H,5H2,1-2H3. The van der Waals surface area contributed by atoms with E-state index in [9.17, 15) is 10.1 Å². The van der Waals surface area contributed by atoms with Crippen molar-refractivity contribution in [1.29, 1.82) is 0 Å². The van der Waals surface area contributed by atoms with Crippen LogP contribution in [0, 0.1) is 10.1 Å². The first-order valence-corrected chi connectivity index (χ1v) is 4.80. The number of hydrogen-bond acceptors (Lipinski definition) is 5. The zero-order valence-electron chi connectivity index (χ0n) is 8.79. The lowest BCUT2D eigenvalue weighted by Gasteiger charge is -2.16. The highest BCUT2D eigenvalue weighted by molar-refractivity contribution is 6.35. The van der Waals surface area contributed by atoms with Crippen molar-refractivity contribution in [3.05, 3.63) is 22.5 Å². The number of hydrogen-bond donors (Lipinski definition) is 1. The molecular weight excluding hydrogens is 236 g/mol. The number of alkyl halides is 1. The van der Waals surface area contributed by atoms with E-state index in [2.05, 4.69) is 10.1 Å². The van der Waals surface area contributed by atoms with Crippen molar-refractivity contribution in [3.8, 4) is 0 Å². The van der Waals surface area contributed by atoms with Gasteiger partial charge in [-0.15, -0.1) is 11.6 Å². The minimum Gasteiger partial charge on any atom is -0.411 e. The van der Waals surface area contributed by atoms with Gasteiger partial charge in [-0.05, 0) is 18.8 Å². The highest BCUT2D eigenvalue weighted by Gasteiger charge is 2.26. The first kappa shape index (κ1) is 12.4. The molecule has 0 saturated heterocycles. The maximum atomic E-state index is 10.6. The third-order valence-corrected chi connectivity index (χ3v) is 2.20. The molecule has 1 rings (SSSR count). The van der Waals surface area contributed by atoms with Crippen molar-refractivity contribution >= 4 is 23.3 Å². The van der Waals surface area contributed by atoms with Gasteiger partial charge in [-0.2, -0.15) is 0 Å². The van der Waals surface area contributed by atoms with Gasteiger partial charge in [0.1, 0.15) is 24.7 Å². The van der Waals surface area contributed by atoms with Crippen molar-refractivity contribution in [1.82, 2.24) is 9.55 Å². The summed E-state index contributed by atoms with van der Waals surface area (Å²) in [4.78, 5) is 12.7. The van der Waals surface area contributed by atoms with Crippen LogP contribution in [0.1, 0.15) is 13.8 Å². The summed E-state index contributed by atoms with van der Waals surface area (Å²) in [5.41, 5.74) is 0.218. The topological polar surface area (TPSA) is 93.5 Å². The fourth-order valence-corrected chi connectivity index (χ4v) is 1.19. The van der Waals surface area contributed by atoms with Crippen LogP contribution in [-0.4, -0.2) is 30.3 Å². The molecule has 0 aliphatic carbocycles. The molecule has 88 valence electrons. The molecule has 1 aromatic heterocycles. The lowest BCUT2D eigenvalue weighted by molar-refractivity contribution is -0.396. The van der Waals surface area contributed by atoms with Crippen molar-refractivity contribution in [2.45, 2.75) is 25.3 Å². The maximum absolute atomic E-state index is 10.6. The van der Waals surface area contributed by atoms with Crippen molar-refractivity contribution < 1.29 is 10.1 Å². The molecule has 8 heteroatoms. The molecule has 0 amide bonds. The second kappa shape index (κ2) is 4.48. The monoisotopic (exact) mass is 246 g/mol. The number of nitro groups is 1. The third-order valence-electron chi connectivity index (χ3n) is 1.98. The molecule has 7 nitrogen and oxygen atoms in total. The average Bonchev–Trinajstić information content (AvgIpc) is 2.59. The van der Waals surface area contributed by atoms with E-state index in [0.717, 1.165) is 0 Å². The van der Waals surface area contributed by atoms with E-state index in [4.69, 9.17) is 16.8 Å². The minimum absolute atomic E-state index is 0.0172. The van der Waals surface area contributed by atoms with Gasteiger partial charge < -0.3 is 15.3 Å². The first-order chi connectivity index (χ1) is 7.36. The number of nitrogens with zero attached hydrogens (tertiary/aromatic N) is 4. The number of oxime groups is 1. The summed E-state index contributed by atoms with van der Waals surface area (Å²) in [7, 11) is 0. The Morgan fingerprint density at radius 3 is 2.88 bits per heavy atom. The Balaban J connectivity index is 2.96. The van der Waals surface area contributed by atoms with Crippen LogP contribution >= 0.6 is 11.6 Å². The van der Waals surface area contributed by atoms with Gasteiger partial charge in [0.05, 0.1) is 4.87 Å². The molecule has 0 unspecified atom stereocenters. The van der Waals surface area contributed by atoms with E-state index < -0.39 is 9.80 Å². The van der Waals surface area contributed by atoms with Gasteiger partial charge in [-0.1, -0.05) is 10.1 Å². The van der Waals surface area contributed by atoms with Crippen LogP contribution in [0.2, 0.25) is 0 Å². The Kier molecular flexibility index (Phi) is 3.48. The fraction of sp³-hybridized carbons (Fsp3) is 0.500. The average molecular weight is 247 g/mol. The van der Waals surface area contributed by atoms with Crippen LogP contribution in [0.25, 0.3) is 0 Å². The number of aromatic nitrogens is 2. The van der Waals surface area contributed by atoms with Gasteiger partial charge in [0.15, 0.2) is 0 Å². The van der Waals surface area contributed by atoms with Gasteiger partial charge in [-0.25, -0.2) is 4.57 Å². The molecule has 0 atom stereocenters. The highest BCUT2D eigenvalue weighted by Crippen LogP contribution is 2.18. The predicted octanol–water partition coefficient (Wildman–Crippen LogP) is 1.64. The first-order valence-electron chi connectivity index (χ1n) is 4.42. The molecule has 0 aliphatic heterocycles. The minimum atomic E-state index is -0.882. The fourth-order valence-electron chi connectivity index (χ4n) is 1.10. The van der Waals surface area contributed by atoms with Crippen molar-refractivity contribution in [2.24, 2.45) is 5.16 Å². The number of halogens is 1. The summed E-state index contributed by atoms with van der Waals surface area (Å²) in [6.07, 6.45) is 2.72. The zero-order chi connectivity index (χ0) is 12.3. The Bertz CT molecular complexity index is 421. The molecule has 0 radical (unpaired) electrons. The molecular formula is C8H11ClN4O3. The summed E-state index contributed by atoms with van der Waals surface area (Å²) < 4.78 is 1.25. The van der Waals surface area contributed by atoms with Gasteiger partial charge in [0, 0.05) is 0 Å². The third kappa shape index (κ3) is 2.69. The lowest BCUT2D eigenvalue weighted by Crippen LogP contribution is -2.29. The molecule has 0 saturated carbocycles. The number of rotatable bonds is 4. The van der Waals surface area contributed by atoms with Crippen LogP contribution in [0.5, 0.6) is 0 Å².